The summed E-state index contributed by atoms with van der Waals surface area (Å²) < 4.78 is 21.5. The van der Waals surface area contributed by atoms with Crippen molar-refractivity contribution >= 4 is 23.4 Å². The number of benzene rings is 2. The van der Waals surface area contributed by atoms with Gasteiger partial charge in [0.15, 0.2) is 11.5 Å². The SMILES string of the molecule is COCCCNC(=O)[C@@H]1CN(C(=O)c2ccc(Cl)cc2)C[C@H]1c1cc(OC)c(OC)c(OC)c1. The largest absolute Gasteiger partial charge is 0.493 e. The second-order valence-corrected chi connectivity index (χ2v) is 8.46. The van der Waals surface area contributed by atoms with Crippen LogP contribution in [-0.2, 0) is 9.53 Å². The highest BCUT2D eigenvalue weighted by atomic mass is 35.5. The van der Waals surface area contributed by atoms with E-state index in [4.69, 9.17) is 30.5 Å². The van der Waals surface area contributed by atoms with Gasteiger partial charge in [-0.2, -0.15) is 0 Å². The normalized spacial score (nSPS) is 17.4. The molecule has 0 aliphatic carbocycles. The van der Waals surface area contributed by atoms with Crippen LogP contribution < -0.4 is 19.5 Å². The maximum atomic E-state index is 13.2. The molecule has 0 spiro atoms. The quantitative estimate of drug-likeness (QED) is 0.514. The summed E-state index contributed by atoms with van der Waals surface area (Å²) in [7, 11) is 6.26. The minimum atomic E-state index is -0.443. The van der Waals surface area contributed by atoms with Crippen LogP contribution in [0, 0.1) is 5.92 Å². The van der Waals surface area contributed by atoms with Crippen LogP contribution in [0.25, 0.3) is 0 Å². The first-order valence-electron chi connectivity index (χ1n) is 11.0. The molecule has 1 N–H and O–H groups in total. The molecule has 34 heavy (non-hydrogen) atoms. The molecule has 0 aromatic heterocycles. The van der Waals surface area contributed by atoms with Crippen molar-refractivity contribution < 1.29 is 28.5 Å². The van der Waals surface area contributed by atoms with E-state index in [1.807, 2.05) is 12.1 Å². The molecule has 8 nitrogen and oxygen atoms in total. The predicted molar refractivity (Wildman–Crippen MR) is 129 cm³/mol. The number of amides is 2. The van der Waals surface area contributed by atoms with Gasteiger partial charge in [0.2, 0.25) is 11.7 Å². The van der Waals surface area contributed by atoms with E-state index in [2.05, 4.69) is 5.32 Å². The van der Waals surface area contributed by atoms with Crippen molar-refractivity contribution in [3.05, 3.63) is 52.5 Å². The van der Waals surface area contributed by atoms with Crippen molar-refractivity contribution in [2.45, 2.75) is 12.3 Å². The third-order valence-electron chi connectivity index (χ3n) is 5.97. The summed E-state index contributed by atoms with van der Waals surface area (Å²) >= 11 is 5.98. The summed E-state index contributed by atoms with van der Waals surface area (Å²) in [5.41, 5.74) is 1.35. The number of rotatable bonds is 10. The molecule has 0 bridgehead atoms. The number of methoxy groups -OCH3 is 4. The van der Waals surface area contributed by atoms with Crippen LogP contribution in [0.2, 0.25) is 5.02 Å². The first-order valence-corrected chi connectivity index (χ1v) is 11.4. The van der Waals surface area contributed by atoms with Crippen molar-refractivity contribution in [2.24, 2.45) is 5.92 Å². The Balaban J connectivity index is 1.92. The second kappa shape index (κ2) is 11.9. The number of nitrogens with zero attached hydrogens (tertiary/aromatic N) is 1. The Morgan fingerprint density at radius 2 is 1.65 bits per heavy atom. The lowest BCUT2D eigenvalue weighted by molar-refractivity contribution is -0.125. The number of hydrogen-bond acceptors (Lipinski definition) is 6. The zero-order valence-electron chi connectivity index (χ0n) is 19.9. The standard InChI is InChI=1S/C25H31ClN2O6/c1-31-11-5-10-27-24(29)20-15-28(25(30)16-6-8-18(26)9-7-16)14-19(20)17-12-21(32-2)23(34-4)22(13-17)33-3/h6-9,12-13,19-20H,5,10-11,14-15H2,1-4H3,(H,27,29)/t19-,20+/m0/s1. The number of carbonyl (C=O) groups is 2. The molecule has 2 aromatic carbocycles. The molecule has 0 saturated carbocycles. The summed E-state index contributed by atoms with van der Waals surface area (Å²) in [6.45, 7) is 1.72. The maximum absolute atomic E-state index is 13.2. The number of halogens is 1. The number of carbonyl (C=O) groups excluding carboxylic acids is 2. The average Bonchev–Trinajstić information content (AvgIpc) is 3.31. The average molecular weight is 491 g/mol. The first kappa shape index (κ1) is 25.6. The fourth-order valence-electron chi connectivity index (χ4n) is 4.22. The topological polar surface area (TPSA) is 86.3 Å². The molecular weight excluding hydrogens is 460 g/mol. The van der Waals surface area contributed by atoms with Gasteiger partial charge in [-0.15, -0.1) is 0 Å². The van der Waals surface area contributed by atoms with Crippen LogP contribution in [0.3, 0.4) is 0 Å². The molecule has 1 aliphatic heterocycles. The van der Waals surface area contributed by atoms with Crippen molar-refractivity contribution in [1.29, 1.82) is 0 Å². The molecule has 9 heteroatoms. The van der Waals surface area contributed by atoms with Gasteiger partial charge in [0.25, 0.3) is 5.91 Å². The number of likely N-dealkylation sites (tertiary alicyclic amines) is 1. The summed E-state index contributed by atoms with van der Waals surface area (Å²) in [6, 6.07) is 10.4. The number of hydrogen-bond donors (Lipinski definition) is 1. The third-order valence-corrected chi connectivity index (χ3v) is 6.23. The molecule has 184 valence electrons. The lowest BCUT2D eigenvalue weighted by Crippen LogP contribution is -2.36. The molecule has 3 rings (SSSR count). The van der Waals surface area contributed by atoms with Crippen molar-refractivity contribution in [1.82, 2.24) is 10.2 Å². The van der Waals surface area contributed by atoms with Gasteiger partial charge in [0, 0.05) is 49.9 Å². The van der Waals surface area contributed by atoms with Crippen LogP contribution >= 0.6 is 11.6 Å². The zero-order valence-corrected chi connectivity index (χ0v) is 20.7. The van der Waals surface area contributed by atoms with Crippen LogP contribution in [-0.4, -0.2) is 71.4 Å². The molecule has 2 amide bonds. The Hall–Kier alpha value is -2.97. The van der Waals surface area contributed by atoms with E-state index in [9.17, 15) is 9.59 Å². The van der Waals surface area contributed by atoms with Gasteiger partial charge in [-0.25, -0.2) is 0 Å². The van der Waals surface area contributed by atoms with Gasteiger partial charge in [-0.1, -0.05) is 11.6 Å². The molecule has 2 atom stereocenters. The van der Waals surface area contributed by atoms with Crippen LogP contribution in [0.1, 0.15) is 28.3 Å². The lowest BCUT2D eigenvalue weighted by Gasteiger charge is -2.21. The van der Waals surface area contributed by atoms with Crippen LogP contribution in [0.15, 0.2) is 36.4 Å². The zero-order chi connectivity index (χ0) is 24.7. The van der Waals surface area contributed by atoms with Gasteiger partial charge >= 0.3 is 0 Å². The van der Waals surface area contributed by atoms with E-state index in [1.165, 1.54) is 0 Å². The summed E-state index contributed by atoms with van der Waals surface area (Å²) in [5.74, 6) is 0.512. The van der Waals surface area contributed by atoms with E-state index < -0.39 is 5.92 Å². The predicted octanol–water partition coefficient (Wildman–Crippen LogP) is 3.37. The summed E-state index contributed by atoms with van der Waals surface area (Å²) in [5, 5.41) is 3.54. The van der Waals surface area contributed by atoms with E-state index in [0.29, 0.717) is 60.5 Å². The van der Waals surface area contributed by atoms with E-state index in [0.717, 1.165) is 5.56 Å². The fourth-order valence-corrected chi connectivity index (χ4v) is 4.35. The molecule has 2 aromatic rings. The Morgan fingerprint density at radius 1 is 1.00 bits per heavy atom. The fraction of sp³-hybridized carbons (Fsp3) is 0.440. The van der Waals surface area contributed by atoms with Gasteiger partial charge in [0.1, 0.15) is 0 Å². The third kappa shape index (κ3) is 5.74. The minimum absolute atomic E-state index is 0.110. The van der Waals surface area contributed by atoms with Crippen LogP contribution in [0.5, 0.6) is 17.2 Å². The van der Waals surface area contributed by atoms with Gasteiger partial charge in [-0.05, 0) is 48.4 Å². The van der Waals surface area contributed by atoms with Crippen molar-refractivity contribution in [2.75, 3.05) is 54.7 Å². The highest BCUT2D eigenvalue weighted by molar-refractivity contribution is 6.30. The molecule has 1 fully saturated rings. The molecule has 1 heterocycles. The number of ether oxygens (including phenoxy) is 4. The molecule has 1 saturated heterocycles. The van der Waals surface area contributed by atoms with Gasteiger partial charge < -0.3 is 29.2 Å². The van der Waals surface area contributed by atoms with Crippen LogP contribution in [0.4, 0.5) is 0 Å². The van der Waals surface area contributed by atoms with E-state index in [-0.39, 0.29) is 17.7 Å². The second-order valence-electron chi connectivity index (χ2n) is 8.03. The molecule has 1 aliphatic rings. The lowest BCUT2D eigenvalue weighted by atomic mass is 9.88. The highest BCUT2D eigenvalue weighted by Crippen LogP contribution is 2.43. The van der Waals surface area contributed by atoms with Gasteiger partial charge in [-0.3, -0.25) is 9.59 Å². The van der Waals surface area contributed by atoms with E-state index in [1.54, 1.807) is 57.6 Å². The minimum Gasteiger partial charge on any atom is -0.493 e. The molecule has 0 radical (unpaired) electrons. The Kier molecular flexibility index (Phi) is 9.01. The summed E-state index contributed by atoms with van der Waals surface area (Å²) in [4.78, 5) is 28.1. The number of nitrogens with one attached hydrogen (secondary N) is 1. The van der Waals surface area contributed by atoms with Crippen molar-refractivity contribution in [3.63, 3.8) is 0 Å². The molecule has 0 unspecified atom stereocenters. The Bertz CT molecular complexity index is 972. The smallest absolute Gasteiger partial charge is 0.253 e. The first-order chi connectivity index (χ1) is 16.4. The van der Waals surface area contributed by atoms with Crippen molar-refractivity contribution in [3.8, 4) is 17.2 Å². The Morgan fingerprint density at radius 3 is 2.21 bits per heavy atom. The highest BCUT2D eigenvalue weighted by Gasteiger charge is 2.41. The Labute approximate surface area is 205 Å². The monoisotopic (exact) mass is 490 g/mol. The molecular formula is C25H31ClN2O6. The maximum Gasteiger partial charge on any atom is 0.253 e. The van der Waals surface area contributed by atoms with Gasteiger partial charge in [0.05, 0.1) is 27.2 Å². The van der Waals surface area contributed by atoms with E-state index >= 15 is 0 Å². The summed E-state index contributed by atoms with van der Waals surface area (Å²) in [6.07, 6.45) is 0.706.